The third kappa shape index (κ3) is 7.30. The van der Waals surface area contributed by atoms with Gasteiger partial charge in [0.2, 0.25) is 0 Å². The van der Waals surface area contributed by atoms with Gasteiger partial charge in [-0.1, -0.05) is 37.3 Å². The fraction of sp³-hybridized carbons (Fsp3) is 0.310. The fourth-order valence-electron chi connectivity index (χ4n) is 4.41. The van der Waals surface area contributed by atoms with Gasteiger partial charge in [-0.25, -0.2) is 9.79 Å². The quantitative estimate of drug-likeness (QED) is 0.209. The van der Waals surface area contributed by atoms with Gasteiger partial charge in [0.25, 0.3) is 0 Å². The van der Waals surface area contributed by atoms with E-state index in [1.54, 1.807) is 29.3 Å². The minimum Gasteiger partial charge on any atom is -0.493 e. The van der Waals surface area contributed by atoms with Crippen molar-refractivity contribution < 1.29 is 41.0 Å². The third-order valence-electron chi connectivity index (χ3n) is 6.56. The molecule has 218 valence electrons. The summed E-state index contributed by atoms with van der Waals surface area (Å²) < 4.78 is 86.1. The Hall–Kier alpha value is -4.22. The van der Waals surface area contributed by atoms with E-state index < -0.39 is 29.4 Å². The molecule has 3 aromatic rings. The number of ether oxygens (including phenoxy) is 1. The topological polar surface area (TPSA) is 74.2 Å². The van der Waals surface area contributed by atoms with Crippen molar-refractivity contribution in [2.75, 3.05) is 19.7 Å². The van der Waals surface area contributed by atoms with E-state index >= 15 is 0 Å². The SMILES string of the molecule is CCC1=CN=C(NCCCOc2cc3ccccc3cc2C(=O)O)N(Cc2ccc(C(F)(F)F)cc2C(F)(F)F)C1. The summed E-state index contributed by atoms with van der Waals surface area (Å²) in [7, 11) is 0. The Labute approximate surface area is 231 Å². The normalized spacial score (nSPS) is 14.1. The minimum absolute atomic E-state index is 0.0220. The van der Waals surface area contributed by atoms with Gasteiger partial charge in [0.15, 0.2) is 5.96 Å². The number of benzene rings is 3. The molecule has 0 radical (unpaired) electrons. The number of rotatable bonds is 9. The van der Waals surface area contributed by atoms with E-state index in [1.165, 1.54) is 6.07 Å². The van der Waals surface area contributed by atoms with E-state index in [1.807, 2.05) is 19.1 Å². The van der Waals surface area contributed by atoms with Crippen molar-refractivity contribution in [3.05, 3.63) is 88.6 Å². The number of aliphatic imine (C=N–C) groups is 1. The maximum Gasteiger partial charge on any atom is 0.416 e. The Kier molecular flexibility index (Phi) is 8.79. The molecule has 1 heterocycles. The highest BCUT2D eigenvalue weighted by Crippen LogP contribution is 2.38. The van der Waals surface area contributed by atoms with Gasteiger partial charge < -0.3 is 20.1 Å². The third-order valence-corrected chi connectivity index (χ3v) is 6.56. The number of guanidine groups is 1. The fourth-order valence-corrected chi connectivity index (χ4v) is 4.41. The second-order valence-corrected chi connectivity index (χ2v) is 9.45. The van der Waals surface area contributed by atoms with Gasteiger partial charge in [-0.3, -0.25) is 0 Å². The highest BCUT2D eigenvalue weighted by atomic mass is 19.4. The van der Waals surface area contributed by atoms with Crippen LogP contribution in [0, 0.1) is 0 Å². The number of fused-ring (bicyclic) bond motifs is 1. The molecular formula is C29H27F6N3O3. The molecule has 0 saturated heterocycles. The summed E-state index contributed by atoms with van der Waals surface area (Å²) in [5, 5.41) is 14.2. The molecule has 4 rings (SSSR count). The lowest BCUT2D eigenvalue weighted by Gasteiger charge is -2.31. The molecule has 0 spiro atoms. The number of hydrogen-bond donors (Lipinski definition) is 2. The zero-order chi connectivity index (χ0) is 29.8. The number of carboxylic acid groups (broad SMARTS) is 1. The van der Waals surface area contributed by atoms with Crippen LogP contribution in [-0.4, -0.2) is 41.6 Å². The van der Waals surface area contributed by atoms with Gasteiger partial charge >= 0.3 is 18.3 Å². The molecule has 0 bridgehead atoms. The number of carbonyl (C=O) groups is 1. The maximum absolute atomic E-state index is 13.7. The lowest BCUT2D eigenvalue weighted by atomic mass is 10.0. The predicted octanol–water partition coefficient (Wildman–Crippen LogP) is 7.10. The van der Waals surface area contributed by atoms with Crippen molar-refractivity contribution in [2.45, 2.75) is 38.7 Å². The standard InChI is InChI=1S/C29H27F6N3O3/c1-2-18-15-37-27(38(16-18)17-21-8-9-22(28(30,31)32)14-24(21)29(33,34)35)36-10-5-11-41-25-13-20-7-4-3-6-19(20)12-23(25)26(39)40/h3-4,6-9,12-15H,2,5,10-11,16-17H2,1H3,(H,36,37)(H,39,40). The maximum atomic E-state index is 13.7. The molecule has 6 nitrogen and oxygen atoms in total. The summed E-state index contributed by atoms with van der Waals surface area (Å²) in [6, 6.07) is 12.1. The van der Waals surface area contributed by atoms with Crippen LogP contribution in [0.1, 0.15) is 46.8 Å². The van der Waals surface area contributed by atoms with Crippen LogP contribution in [0.25, 0.3) is 10.8 Å². The minimum atomic E-state index is -4.98. The molecule has 0 saturated carbocycles. The van der Waals surface area contributed by atoms with E-state index in [0.717, 1.165) is 22.4 Å². The molecule has 0 fully saturated rings. The first-order chi connectivity index (χ1) is 19.4. The van der Waals surface area contributed by atoms with Crippen molar-refractivity contribution in [3.8, 4) is 5.75 Å². The smallest absolute Gasteiger partial charge is 0.416 e. The molecule has 3 aromatic carbocycles. The zero-order valence-electron chi connectivity index (χ0n) is 21.9. The van der Waals surface area contributed by atoms with E-state index in [2.05, 4.69) is 10.3 Å². The number of aromatic carboxylic acids is 1. The van der Waals surface area contributed by atoms with Crippen LogP contribution in [-0.2, 0) is 18.9 Å². The molecular weight excluding hydrogens is 552 g/mol. The predicted molar refractivity (Wildman–Crippen MR) is 142 cm³/mol. The van der Waals surface area contributed by atoms with Crippen molar-refractivity contribution in [1.29, 1.82) is 0 Å². The molecule has 2 N–H and O–H groups in total. The summed E-state index contributed by atoms with van der Waals surface area (Å²) in [6.07, 6.45) is -7.28. The molecule has 0 aliphatic carbocycles. The van der Waals surface area contributed by atoms with Crippen LogP contribution < -0.4 is 10.1 Å². The average Bonchev–Trinajstić information content (AvgIpc) is 2.92. The van der Waals surface area contributed by atoms with Crippen LogP contribution in [0.15, 0.2) is 71.4 Å². The molecule has 1 aliphatic heterocycles. The summed E-state index contributed by atoms with van der Waals surface area (Å²) in [5.41, 5.74) is -2.16. The number of alkyl halides is 6. The number of nitrogens with zero attached hydrogens (tertiary/aromatic N) is 2. The summed E-state index contributed by atoms with van der Waals surface area (Å²) in [6.45, 7) is 2.24. The highest BCUT2D eigenvalue weighted by molar-refractivity contribution is 5.97. The molecule has 0 amide bonds. The lowest BCUT2D eigenvalue weighted by Crippen LogP contribution is -2.44. The van der Waals surface area contributed by atoms with Crippen LogP contribution in [0.4, 0.5) is 26.3 Å². The Morgan fingerprint density at radius 2 is 1.73 bits per heavy atom. The Balaban J connectivity index is 1.44. The highest BCUT2D eigenvalue weighted by Gasteiger charge is 2.38. The molecule has 0 aromatic heterocycles. The first kappa shape index (κ1) is 29.8. The second-order valence-electron chi connectivity index (χ2n) is 9.45. The first-order valence-corrected chi connectivity index (χ1v) is 12.8. The van der Waals surface area contributed by atoms with Crippen LogP contribution >= 0.6 is 0 Å². The Morgan fingerprint density at radius 1 is 1.02 bits per heavy atom. The summed E-state index contributed by atoms with van der Waals surface area (Å²) in [5.74, 6) is -0.645. The van der Waals surface area contributed by atoms with Gasteiger partial charge in [-0.2, -0.15) is 26.3 Å². The molecule has 0 atom stereocenters. The van der Waals surface area contributed by atoms with Gasteiger partial charge in [0, 0.05) is 25.8 Å². The largest absolute Gasteiger partial charge is 0.493 e. The monoisotopic (exact) mass is 579 g/mol. The van der Waals surface area contributed by atoms with Gasteiger partial charge in [0.1, 0.15) is 11.3 Å². The zero-order valence-corrected chi connectivity index (χ0v) is 21.9. The van der Waals surface area contributed by atoms with Crippen LogP contribution in [0.2, 0.25) is 0 Å². The molecule has 0 unspecified atom stereocenters. The first-order valence-electron chi connectivity index (χ1n) is 12.8. The molecule has 41 heavy (non-hydrogen) atoms. The van der Waals surface area contributed by atoms with E-state index in [4.69, 9.17) is 4.74 Å². The van der Waals surface area contributed by atoms with E-state index in [9.17, 15) is 36.2 Å². The number of hydrogen-bond acceptors (Lipinski definition) is 5. The van der Waals surface area contributed by atoms with Gasteiger partial charge in [-0.05, 0) is 59.0 Å². The molecule has 1 aliphatic rings. The van der Waals surface area contributed by atoms with Crippen molar-refractivity contribution in [2.24, 2.45) is 4.99 Å². The number of nitrogens with one attached hydrogen (secondary N) is 1. The second kappa shape index (κ2) is 12.1. The van der Waals surface area contributed by atoms with Gasteiger partial charge in [0.05, 0.1) is 17.7 Å². The molecule has 12 heteroatoms. The summed E-state index contributed by atoms with van der Waals surface area (Å²) >= 11 is 0. The number of halogens is 6. The van der Waals surface area contributed by atoms with E-state index in [0.29, 0.717) is 25.5 Å². The van der Waals surface area contributed by atoms with Crippen molar-refractivity contribution in [3.63, 3.8) is 0 Å². The Morgan fingerprint density at radius 3 is 2.37 bits per heavy atom. The Bertz CT molecular complexity index is 1480. The van der Waals surface area contributed by atoms with Crippen LogP contribution in [0.3, 0.4) is 0 Å². The summed E-state index contributed by atoms with van der Waals surface area (Å²) in [4.78, 5) is 17.6. The average molecular weight is 580 g/mol. The van der Waals surface area contributed by atoms with E-state index in [-0.39, 0.29) is 48.6 Å². The van der Waals surface area contributed by atoms with Gasteiger partial charge in [-0.15, -0.1) is 0 Å². The number of carboxylic acids is 1. The lowest BCUT2D eigenvalue weighted by molar-refractivity contribution is -0.143. The van der Waals surface area contributed by atoms with Crippen LogP contribution in [0.5, 0.6) is 5.75 Å². The van der Waals surface area contributed by atoms with Crippen molar-refractivity contribution >= 4 is 22.7 Å². The van der Waals surface area contributed by atoms with Crippen molar-refractivity contribution in [1.82, 2.24) is 10.2 Å².